The molecule has 0 saturated carbocycles. The summed E-state index contributed by atoms with van der Waals surface area (Å²) in [5.41, 5.74) is 3.74. The highest BCUT2D eigenvalue weighted by molar-refractivity contribution is 9.12. The fraction of sp³-hybridized carbons (Fsp3) is 0.364. The normalized spacial score (nSPS) is 12.2. The Morgan fingerprint density at radius 1 is 1.19 bits per heavy atom. The highest BCUT2D eigenvalue weighted by Gasteiger charge is 2.16. The third-order valence-corrected chi connectivity index (χ3v) is 5.38. The third-order valence-electron chi connectivity index (χ3n) is 4.95. The van der Waals surface area contributed by atoms with Crippen LogP contribution in [0.5, 0.6) is 0 Å². The number of benzene rings is 1. The summed E-state index contributed by atoms with van der Waals surface area (Å²) in [6, 6.07) is 9.88. The average molecular weight is 487 g/mol. The Morgan fingerprint density at radius 2 is 1.94 bits per heavy atom. The predicted molar refractivity (Wildman–Crippen MR) is 130 cm³/mol. The predicted octanol–water partition coefficient (Wildman–Crippen LogP) is 4.23. The molecule has 2 aromatic heterocycles. The fourth-order valence-corrected chi connectivity index (χ4v) is 3.68. The smallest absolute Gasteiger partial charge is 0.303 e. The first-order valence-corrected chi connectivity index (χ1v) is 11.2. The summed E-state index contributed by atoms with van der Waals surface area (Å²) in [6.45, 7) is 2.79. The number of imidazole rings is 1. The molecule has 0 aliphatic carbocycles. The lowest BCUT2D eigenvalue weighted by molar-refractivity contribution is 0.577. The molecule has 3 aromatic rings. The van der Waals surface area contributed by atoms with E-state index in [0.29, 0.717) is 23.7 Å². The van der Waals surface area contributed by atoms with Crippen molar-refractivity contribution in [3.05, 3.63) is 61.2 Å². The molecule has 1 aromatic carbocycles. The van der Waals surface area contributed by atoms with Gasteiger partial charge in [0, 0.05) is 18.1 Å². The first-order valence-electron chi connectivity index (χ1n) is 10.4. The minimum Gasteiger partial charge on any atom is -0.303 e. The third kappa shape index (κ3) is 5.81. The van der Waals surface area contributed by atoms with Gasteiger partial charge >= 0.3 is 5.69 Å². The number of nitrogens with one attached hydrogen (secondary N) is 2. The number of aromatic nitrogens is 4. The van der Waals surface area contributed by atoms with Crippen molar-refractivity contribution in [2.75, 3.05) is 5.43 Å². The van der Waals surface area contributed by atoms with Gasteiger partial charge in [0.1, 0.15) is 0 Å². The number of hydrazone groups is 1. The number of aromatic amines is 1. The van der Waals surface area contributed by atoms with Gasteiger partial charge in [0.2, 0.25) is 5.95 Å². The van der Waals surface area contributed by atoms with Crippen molar-refractivity contribution < 1.29 is 0 Å². The highest BCUT2D eigenvalue weighted by atomic mass is 79.9. The summed E-state index contributed by atoms with van der Waals surface area (Å²) < 4.78 is 3.91. The summed E-state index contributed by atoms with van der Waals surface area (Å²) in [5, 5.41) is 4.26. The van der Waals surface area contributed by atoms with E-state index in [2.05, 4.69) is 43.3 Å². The lowest BCUT2D eigenvalue weighted by atomic mass is 10.1. The van der Waals surface area contributed by atoms with Crippen LogP contribution in [0.15, 0.2) is 49.5 Å². The van der Waals surface area contributed by atoms with E-state index in [-0.39, 0.29) is 0 Å². The van der Waals surface area contributed by atoms with Crippen LogP contribution < -0.4 is 16.7 Å². The molecule has 0 aliphatic heterocycles. The second kappa shape index (κ2) is 10.9. The lowest BCUT2D eigenvalue weighted by Crippen LogP contribution is -2.29. The minimum atomic E-state index is -0.492. The molecule has 0 aliphatic rings. The monoisotopic (exact) mass is 486 g/mol. The van der Waals surface area contributed by atoms with Crippen LogP contribution in [-0.2, 0) is 13.6 Å². The Morgan fingerprint density at radius 3 is 2.68 bits per heavy atom. The standard InChI is InChI=1S/C22H27BrN6O2/c1-3-4-5-6-10-13-29-18-19(28(2)22(31)26-20(18)30)25-21(29)27-24-15-17(23)14-16-11-8-7-9-12-16/h7-9,11-12,14-15H,3-6,10,13H2,1-2H3,(H,25,27)(H,26,30,31)/b17-14+,24-15-. The van der Waals surface area contributed by atoms with Crippen molar-refractivity contribution in [3.8, 4) is 0 Å². The van der Waals surface area contributed by atoms with Crippen LogP contribution in [0, 0.1) is 0 Å². The Kier molecular flexibility index (Phi) is 8.00. The van der Waals surface area contributed by atoms with Crippen molar-refractivity contribution in [2.45, 2.75) is 45.6 Å². The number of aryl methyl sites for hydroxylation is 2. The first-order chi connectivity index (χ1) is 15.0. The summed E-state index contributed by atoms with van der Waals surface area (Å²) in [7, 11) is 1.59. The zero-order chi connectivity index (χ0) is 22.2. The molecule has 9 heteroatoms. The Bertz CT molecular complexity index is 1190. The Balaban J connectivity index is 1.85. The number of H-pyrrole nitrogens is 1. The van der Waals surface area contributed by atoms with Gasteiger partial charge < -0.3 is 4.57 Å². The van der Waals surface area contributed by atoms with Crippen molar-refractivity contribution in [1.82, 2.24) is 19.1 Å². The summed E-state index contributed by atoms with van der Waals surface area (Å²) >= 11 is 3.48. The molecule has 8 nitrogen and oxygen atoms in total. The number of allylic oxidation sites excluding steroid dienone is 1. The van der Waals surface area contributed by atoms with Crippen molar-refractivity contribution in [2.24, 2.45) is 12.1 Å². The van der Waals surface area contributed by atoms with Crippen molar-refractivity contribution in [1.29, 1.82) is 0 Å². The minimum absolute atomic E-state index is 0.332. The molecule has 164 valence electrons. The van der Waals surface area contributed by atoms with E-state index in [1.807, 2.05) is 36.4 Å². The van der Waals surface area contributed by atoms with E-state index < -0.39 is 11.2 Å². The molecule has 0 atom stereocenters. The van der Waals surface area contributed by atoms with Crippen LogP contribution in [-0.4, -0.2) is 25.3 Å². The first kappa shape index (κ1) is 22.7. The van der Waals surface area contributed by atoms with Gasteiger partial charge in [0.25, 0.3) is 5.56 Å². The van der Waals surface area contributed by atoms with Crippen LogP contribution in [0.1, 0.15) is 44.6 Å². The number of hydrogen-bond acceptors (Lipinski definition) is 5. The van der Waals surface area contributed by atoms with Crippen LogP contribution in [0.2, 0.25) is 0 Å². The van der Waals surface area contributed by atoms with Crippen LogP contribution in [0.25, 0.3) is 17.2 Å². The molecule has 0 saturated heterocycles. The molecular formula is C22H27BrN6O2. The Labute approximate surface area is 188 Å². The van der Waals surface area contributed by atoms with Crippen LogP contribution >= 0.6 is 15.9 Å². The molecule has 2 N–H and O–H groups in total. The molecule has 0 radical (unpaired) electrons. The van der Waals surface area contributed by atoms with Gasteiger partial charge in [-0.05, 0) is 34.0 Å². The van der Waals surface area contributed by atoms with Gasteiger partial charge in [-0.1, -0.05) is 62.9 Å². The summed E-state index contributed by atoms with van der Waals surface area (Å²) in [4.78, 5) is 31.3. The molecule has 0 unspecified atom stereocenters. The molecule has 0 amide bonds. The van der Waals surface area contributed by atoms with E-state index in [4.69, 9.17) is 0 Å². The number of unbranched alkanes of at least 4 members (excludes halogenated alkanes) is 4. The molecule has 31 heavy (non-hydrogen) atoms. The van der Waals surface area contributed by atoms with Gasteiger partial charge in [-0.2, -0.15) is 10.1 Å². The zero-order valence-electron chi connectivity index (χ0n) is 17.8. The van der Waals surface area contributed by atoms with Crippen LogP contribution in [0.4, 0.5) is 5.95 Å². The van der Waals surface area contributed by atoms with E-state index in [0.717, 1.165) is 29.3 Å². The van der Waals surface area contributed by atoms with Gasteiger partial charge in [-0.25, -0.2) is 10.2 Å². The Hall–Kier alpha value is -2.94. The van der Waals surface area contributed by atoms with Gasteiger partial charge in [0.05, 0.1) is 6.21 Å². The maximum Gasteiger partial charge on any atom is 0.329 e. The second-order valence-corrected chi connectivity index (χ2v) is 8.22. The number of hydrogen-bond donors (Lipinski definition) is 2. The zero-order valence-corrected chi connectivity index (χ0v) is 19.4. The summed E-state index contributed by atoms with van der Waals surface area (Å²) in [5.74, 6) is 0.424. The average Bonchev–Trinajstić information content (AvgIpc) is 3.12. The lowest BCUT2D eigenvalue weighted by Gasteiger charge is -2.08. The number of rotatable bonds is 10. The molecule has 2 heterocycles. The van der Waals surface area contributed by atoms with Gasteiger partial charge in [-0.15, -0.1) is 0 Å². The quantitative estimate of drug-likeness (QED) is 0.254. The number of fused-ring (bicyclic) bond motifs is 1. The van der Waals surface area contributed by atoms with E-state index in [1.54, 1.807) is 17.8 Å². The fourth-order valence-electron chi connectivity index (χ4n) is 3.31. The van der Waals surface area contributed by atoms with E-state index >= 15 is 0 Å². The van der Waals surface area contributed by atoms with E-state index in [1.165, 1.54) is 17.4 Å². The number of halogens is 1. The molecule has 0 spiro atoms. The summed E-state index contributed by atoms with van der Waals surface area (Å²) in [6.07, 6.45) is 9.04. The van der Waals surface area contributed by atoms with Crippen molar-refractivity contribution in [3.63, 3.8) is 0 Å². The molecule has 0 fully saturated rings. The second-order valence-electron chi connectivity index (χ2n) is 7.30. The van der Waals surface area contributed by atoms with Crippen molar-refractivity contribution >= 4 is 45.3 Å². The number of nitrogens with zero attached hydrogens (tertiary/aromatic N) is 4. The van der Waals surface area contributed by atoms with E-state index in [9.17, 15) is 9.59 Å². The molecule has 0 bridgehead atoms. The maximum absolute atomic E-state index is 12.5. The highest BCUT2D eigenvalue weighted by Crippen LogP contribution is 2.17. The van der Waals surface area contributed by atoms with Crippen LogP contribution in [0.3, 0.4) is 0 Å². The van der Waals surface area contributed by atoms with Gasteiger partial charge in [-0.3, -0.25) is 14.3 Å². The largest absolute Gasteiger partial charge is 0.329 e. The SMILES string of the molecule is CCCCCCCn1c(N/N=C\C(Br)=C/c2ccccc2)nc2c1c(=O)[nH]c(=O)n2C. The topological polar surface area (TPSA) is 97.1 Å². The maximum atomic E-state index is 12.5. The molecular weight excluding hydrogens is 460 g/mol. The number of anilines is 1. The molecule has 3 rings (SSSR count). The van der Waals surface area contributed by atoms with Gasteiger partial charge in [0.15, 0.2) is 11.2 Å².